The van der Waals surface area contributed by atoms with Crippen LogP contribution in [0.3, 0.4) is 0 Å². The Kier molecular flexibility index (Phi) is 3.49. The highest BCUT2D eigenvalue weighted by Gasteiger charge is 2.25. The van der Waals surface area contributed by atoms with Gasteiger partial charge in [0.1, 0.15) is 0 Å². The van der Waals surface area contributed by atoms with Crippen molar-refractivity contribution in [2.24, 2.45) is 0 Å². The fraction of sp³-hybridized carbons (Fsp3) is 0.0526. The molecule has 1 aliphatic rings. The van der Waals surface area contributed by atoms with Crippen LogP contribution in [0.5, 0.6) is 0 Å². The molecule has 2 aromatic carbocycles. The molecule has 0 fully saturated rings. The first kappa shape index (κ1) is 16.0. The van der Waals surface area contributed by atoms with Gasteiger partial charge in [0.05, 0.1) is 10.6 Å². The normalized spacial score (nSPS) is 15.0. The largest absolute Gasteiger partial charge is 0.323 e. The highest BCUT2D eigenvalue weighted by Crippen LogP contribution is 2.27. The van der Waals surface area contributed by atoms with Crippen LogP contribution in [0.1, 0.15) is 5.56 Å². The summed E-state index contributed by atoms with van der Waals surface area (Å²) in [7, 11) is -3.42. The van der Waals surface area contributed by atoms with Crippen molar-refractivity contribution < 1.29 is 8.42 Å². The van der Waals surface area contributed by atoms with Gasteiger partial charge in [-0.3, -0.25) is 0 Å². The van der Waals surface area contributed by atoms with E-state index in [0.717, 1.165) is 16.8 Å². The Morgan fingerprint density at radius 2 is 1.85 bits per heavy atom. The van der Waals surface area contributed by atoms with Gasteiger partial charge >= 0.3 is 0 Å². The van der Waals surface area contributed by atoms with Crippen LogP contribution in [0.15, 0.2) is 71.6 Å². The molecule has 0 aliphatic carbocycles. The van der Waals surface area contributed by atoms with E-state index in [-0.39, 0.29) is 0 Å². The van der Waals surface area contributed by atoms with Crippen molar-refractivity contribution in [2.45, 2.75) is 11.4 Å². The Morgan fingerprint density at radius 1 is 1.00 bits per heavy atom. The third-order valence-corrected chi connectivity index (χ3v) is 5.98. The van der Waals surface area contributed by atoms with E-state index in [1.165, 1.54) is 0 Å². The van der Waals surface area contributed by atoms with E-state index in [2.05, 4.69) is 20.1 Å². The summed E-state index contributed by atoms with van der Waals surface area (Å²) in [5, 5.41) is 7.65. The van der Waals surface area contributed by atoms with Crippen LogP contribution in [0.4, 0.5) is 11.6 Å². The van der Waals surface area contributed by atoms with Crippen LogP contribution in [0, 0.1) is 0 Å². The fourth-order valence-corrected chi connectivity index (χ4v) is 4.46. The molecule has 2 aromatic heterocycles. The number of sulfonamides is 1. The lowest BCUT2D eigenvalue weighted by molar-refractivity contribution is 0.589. The molecule has 0 saturated heterocycles. The molecule has 27 heavy (non-hydrogen) atoms. The minimum atomic E-state index is -3.42. The van der Waals surface area contributed by atoms with Gasteiger partial charge in [-0.25, -0.2) is 17.7 Å². The fourth-order valence-electron chi connectivity index (χ4n) is 3.19. The monoisotopic (exact) mass is 377 g/mol. The average molecular weight is 377 g/mol. The average Bonchev–Trinajstić information content (AvgIpc) is 3.22. The smallest absolute Gasteiger partial charge is 0.247 e. The van der Waals surface area contributed by atoms with Gasteiger partial charge in [-0.05, 0) is 29.8 Å². The van der Waals surface area contributed by atoms with E-state index in [9.17, 15) is 8.42 Å². The summed E-state index contributed by atoms with van der Waals surface area (Å²) < 4.78 is 28.3. The molecule has 7 nitrogen and oxygen atoms in total. The van der Waals surface area contributed by atoms with Crippen LogP contribution in [-0.4, -0.2) is 23.0 Å². The highest BCUT2D eigenvalue weighted by molar-refractivity contribution is 7.89. The number of anilines is 2. The standard InChI is InChI=1S/C19H15N5O2S/c25-27(26)17-11-15(10-9-14(17)12-20-27)21-19-22-18-8-4-7-16(24(18)23-19)13-5-2-1-3-6-13/h1-11,20H,12H2,(H,21,23). The number of nitrogens with one attached hydrogen (secondary N) is 2. The zero-order valence-electron chi connectivity index (χ0n) is 14.1. The molecule has 0 radical (unpaired) electrons. The zero-order chi connectivity index (χ0) is 18.4. The molecule has 5 rings (SSSR count). The van der Waals surface area contributed by atoms with Crippen molar-refractivity contribution in [3.05, 3.63) is 72.3 Å². The van der Waals surface area contributed by atoms with Crippen molar-refractivity contribution in [3.8, 4) is 11.3 Å². The summed E-state index contributed by atoms with van der Waals surface area (Å²) in [5.41, 5.74) is 4.05. The molecular weight excluding hydrogens is 362 g/mol. The van der Waals surface area contributed by atoms with Crippen LogP contribution >= 0.6 is 0 Å². The highest BCUT2D eigenvalue weighted by atomic mass is 32.2. The van der Waals surface area contributed by atoms with Gasteiger partial charge in [-0.15, -0.1) is 5.10 Å². The molecule has 8 heteroatoms. The van der Waals surface area contributed by atoms with Gasteiger partial charge in [0.2, 0.25) is 16.0 Å². The molecule has 2 N–H and O–H groups in total. The van der Waals surface area contributed by atoms with Crippen LogP contribution in [0.25, 0.3) is 16.9 Å². The lowest BCUT2D eigenvalue weighted by Crippen LogP contribution is -2.13. The maximum Gasteiger partial charge on any atom is 0.247 e. The van der Waals surface area contributed by atoms with E-state index in [0.29, 0.717) is 28.7 Å². The van der Waals surface area contributed by atoms with Crippen molar-refractivity contribution in [2.75, 3.05) is 5.32 Å². The summed E-state index contributed by atoms with van der Waals surface area (Å²) in [5.74, 6) is 0.404. The van der Waals surface area contributed by atoms with Gasteiger partial charge in [0.25, 0.3) is 0 Å². The maximum absolute atomic E-state index is 12.0. The minimum Gasteiger partial charge on any atom is -0.323 e. The second kappa shape index (κ2) is 5.90. The molecule has 0 spiro atoms. The van der Waals surface area contributed by atoms with E-state index in [4.69, 9.17) is 0 Å². The van der Waals surface area contributed by atoms with Crippen LogP contribution in [-0.2, 0) is 16.6 Å². The Balaban J connectivity index is 1.54. The van der Waals surface area contributed by atoms with E-state index in [1.807, 2.05) is 54.6 Å². The molecule has 0 bridgehead atoms. The molecule has 1 aliphatic heterocycles. The number of pyridine rings is 1. The first-order chi connectivity index (χ1) is 13.1. The van der Waals surface area contributed by atoms with Crippen molar-refractivity contribution in [1.29, 1.82) is 0 Å². The number of hydrogen-bond donors (Lipinski definition) is 2. The third-order valence-electron chi connectivity index (χ3n) is 4.49. The van der Waals surface area contributed by atoms with Gasteiger partial charge in [-0.1, -0.05) is 42.5 Å². The molecule has 134 valence electrons. The topological polar surface area (TPSA) is 88.4 Å². The number of nitrogens with zero attached hydrogens (tertiary/aromatic N) is 3. The number of rotatable bonds is 3. The van der Waals surface area contributed by atoms with Gasteiger partial charge < -0.3 is 5.32 Å². The SMILES string of the molecule is O=S1(=O)NCc2ccc(Nc3nc4cccc(-c5ccccc5)n4n3)cc21. The van der Waals surface area contributed by atoms with Gasteiger partial charge in [-0.2, -0.15) is 4.98 Å². The lowest BCUT2D eigenvalue weighted by atomic mass is 10.1. The predicted molar refractivity (Wildman–Crippen MR) is 102 cm³/mol. The summed E-state index contributed by atoms with van der Waals surface area (Å²) in [4.78, 5) is 4.79. The van der Waals surface area contributed by atoms with E-state index < -0.39 is 10.0 Å². The molecule has 4 aromatic rings. The summed E-state index contributed by atoms with van der Waals surface area (Å²) >= 11 is 0. The van der Waals surface area contributed by atoms with Crippen LogP contribution in [0.2, 0.25) is 0 Å². The summed E-state index contributed by atoms with van der Waals surface area (Å²) in [6.07, 6.45) is 0. The lowest BCUT2D eigenvalue weighted by Gasteiger charge is -2.04. The Morgan fingerprint density at radius 3 is 2.70 bits per heavy atom. The van der Waals surface area contributed by atoms with E-state index >= 15 is 0 Å². The van der Waals surface area contributed by atoms with E-state index in [1.54, 1.807) is 16.6 Å². The number of benzene rings is 2. The van der Waals surface area contributed by atoms with Crippen LogP contribution < -0.4 is 10.0 Å². The van der Waals surface area contributed by atoms with Crippen molar-refractivity contribution >= 4 is 27.3 Å². The second-order valence-electron chi connectivity index (χ2n) is 6.25. The molecule has 0 unspecified atom stereocenters. The van der Waals surface area contributed by atoms with Crippen molar-refractivity contribution in [1.82, 2.24) is 19.3 Å². The summed E-state index contributed by atoms with van der Waals surface area (Å²) in [6, 6.07) is 21.0. The van der Waals surface area contributed by atoms with Crippen molar-refractivity contribution in [3.63, 3.8) is 0 Å². The molecule has 0 saturated carbocycles. The second-order valence-corrected chi connectivity index (χ2v) is 7.99. The molecule has 0 amide bonds. The Bertz CT molecular complexity index is 1270. The Hall–Kier alpha value is -3.23. The zero-order valence-corrected chi connectivity index (χ0v) is 14.9. The molecule has 3 heterocycles. The quantitative estimate of drug-likeness (QED) is 0.573. The Labute approximate surface area is 155 Å². The van der Waals surface area contributed by atoms with Gasteiger partial charge in [0, 0.05) is 17.8 Å². The third kappa shape index (κ3) is 2.75. The predicted octanol–water partition coefficient (Wildman–Crippen LogP) is 2.93. The molecule has 0 atom stereocenters. The minimum absolute atomic E-state index is 0.293. The summed E-state index contributed by atoms with van der Waals surface area (Å²) in [6.45, 7) is 0.324. The maximum atomic E-state index is 12.0. The number of fused-ring (bicyclic) bond motifs is 2. The first-order valence-electron chi connectivity index (χ1n) is 8.41. The number of aromatic nitrogens is 3. The molecular formula is C19H15N5O2S. The number of hydrogen-bond acceptors (Lipinski definition) is 5. The first-order valence-corrected chi connectivity index (χ1v) is 9.89. The van der Waals surface area contributed by atoms with Gasteiger partial charge in [0.15, 0.2) is 5.65 Å².